The summed E-state index contributed by atoms with van der Waals surface area (Å²) < 4.78 is 5.13. The number of hydrogen-bond acceptors (Lipinski definition) is 4. The molecular formula is C24H27N3O4. The van der Waals surface area contributed by atoms with E-state index in [1.807, 2.05) is 42.5 Å². The van der Waals surface area contributed by atoms with Crippen molar-refractivity contribution < 1.29 is 19.1 Å². The highest BCUT2D eigenvalue weighted by Gasteiger charge is 2.49. The number of ether oxygens (including phenoxy) is 1. The first kappa shape index (κ1) is 20.9. The Balaban J connectivity index is 1.35. The van der Waals surface area contributed by atoms with Gasteiger partial charge in [0.25, 0.3) is 5.91 Å². The molecule has 0 aromatic heterocycles. The number of benzene rings is 2. The van der Waals surface area contributed by atoms with Gasteiger partial charge in [0.05, 0.1) is 7.11 Å². The Hall–Kier alpha value is -3.35. The maximum atomic E-state index is 13.1. The van der Waals surface area contributed by atoms with Crippen LogP contribution in [-0.2, 0) is 34.4 Å². The number of urea groups is 1. The van der Waals surface area contributed by atoms with Gasteiger partial charge in [-0.3, -0.25) is 14.5 Å². The number of carbonyl (C=O) groups excluding carboxylic acids is 3. The Morgan fingerprint density at radius 3 is 2.61 bits per heavy atom. The molecule has 31 heavy (non-hydrogen) atoms. The molecule has 0 radical (unpaired) electrons. The average molecular weight is 421 g/mol. The SMILES string of the molecule is COc1ccc(CCNC(=O)CN2C(=O)N[C@@](C)(c3ccc4c(c3)CCC4)C2=O)cc1. The molecule has 1 atom stereocenters. The predicted octanol–water partition coefficient (Wildman–Crippen LogP) is 2.31. The maximum Gasteiger partial charge on any atom is 0.325 e. The zero-order valence-electron chi connectivity index (χ0n) is 17.9. The van der Waals surface area contributed by atoms with E-state index in [0.717, 1.165) is 41.0 Å². The third kappa shape index (κ3) is 4.13. The molecule has 1 fully saturated rings. The molecule has 1 aliphatic carbocycles. The van der Waals surface area contributed by atoms with Crippen molar-refractivity contribution >= 4 is 17.8 Å². The van der Waals surface area contributed by atoms with Gasteiger partial charge in [-0.25, -0.2) is 4.79 Å². The molecule has 7 heteroatoms. The van der Waals surface area contributed by atoms with E-state index in [-0.39, 0.29) is 12.5 Å². The second kappa shape index (κ2) is 8.41. The number of hydrogen-bond donors (Lipinski definition) is 2. The summed E-state index contributed by atoms with van der Waals surface area (Å²) >= 11 is 0. The van der Waals surface area contributed by atoms with Crippen LogP contribution in [0, 0.1) is 0 Å². The minimum Gasteiger partial charge on any atom is -0.497 e. The molecule has 162 valence electrons. The standard InChI is InChI=1S/C24H27N3O4/c1-24(19-9-8-17-4-3-5-18(17)14-19)22(29)27(23(30)26-24)15-21(28)25-13-12-16-6-10-20(31-2)11-7-16/h6-11,14H,3-5,12-13,15H2,1-2H3,(H,25,28)(H,26,30)/t24-/m0/s1. The zero-order chi connectivity index (χ0) is 22.0. The Morgan fingerprint density at radius 1 is 1.13 bits per heavy atom. The maximum absolute atomic E-state index is 13.1. The summed E-state index contributed by atoms with van der Waals surface area (Å²) in [6.07, 6.45) is 3.79. The second-order valence-electron chi connectivity index (χ2n) is 8.23. The first-order chi connectivity index (χ1) is 14.9. The van der Waals surface area contributed by atoms with Crippen molar-refractivity contribution in [1.82, 2.24) is 15.5 Å². The summed E-state index contributed by atoms with van der Waals surface area (Å²) in [7, 11) is 1.61. The Bertz CT molecular complexity index is 1020. The van der Waals surface area contributed by atoms with Gasteiger partial charge >= 0.3 is 6.03 Å². The number of rotatable bonds is 7. The van der Waals surface area contributed by atoms with Crippen molar-refractivity contribution in [3.8, 4) is 5.75 Å². The molecule has 0 saturated carbocycles. The smallest absolute Gasteiger partial charge is 0.325 e. The topological polar surface area (TPSA) is 87.7 Å². The summed E-state index contributed by atoms with van der Waals surface area (Å²) in [6.45, 7) is 1.82. The number of amides is 4. The molecule has 2 aliphatic rings. The van der Waals surface area contributed by atoms with Gasteiger partial charge in [-0.1, -0.05) is 30.3 Å². The van der Waals surface area contributed by atoms with Crippen molar-refractivity contribution in [2.75, 3.05) is 20.2 Å². The molecule has 1 aliphatic heterocycles. The van der Waals surface area contributed by atoms with Crippen LogP contribution in [0.3, 0.4) is 0 Å². The number of nitrogens with zero attached hydrogens (tertiary/aromatic N) is 1. The van der Waals surface area contributed by atoms with Gasteiger partial charge in [0, 0.05) is 6.54 Å². The lowest BCUT2D eigenvalue weighted by Crippen LogP contribution is -2.43. The molecule has 1 saturated heterocycles. The van der Waals surface area contributed by atoms with Gasteiger partial charge in [-0.05, 0) is 67.0 Å². The molecule has 0 spiro atoms. The van der Waals surface area contributed by atoms with Gasteiger partial charge in [0.15, 0.2) is 0 Å². The van der Waals surface area contributed by atoms with Gasteiger partial charge in [0.2, 0.25) is 5.91 Å². The van der Waals surface area contributed by atoms with Crippen LogP contribution in [0.1, 0.15) is 35.6 Å². The van der Waals surface area contributed by atoms with Gasteiger partial charge in [-0.2, -0.15) is 0 Å². The molecule has 2 N–H and O–H groups in total. The molecule has 0 unspecified atom stereocenters. The number of nitrogens with one attached hydrogen (secondary N) is 2. The second-order valence-corrected chi connectivity index (χ2v) is 8.23. The van der Waals surface area contributed by atoms with Crippen LogP contribution in [0.15, 0.2) is 42.5 Å². The Morgan fingerprint density at radius 2 is 1.87 bits per heavy atom. The summed E-state index contributed by atoms with van der Waals surface area (Å²) in [5.41, 5.74) is 3.19. The fraction of sp³-hybridized carbons (Fsp3) is 0.375. The minimum atomic E-state index is -1.15. The molecule has 7 nitrogen and oxygen atoms in total. The van der Waals surface area contributed by atoms with E-state index in [1.165, 1.54) is 11.1 Å². The van der Waals surface area contributed by atoms with Crippen LogP contribution in [0.5, 0.6) is 5.75 Å². The van der Waals surface area contributed by atoms with Crippen molar-refractivity contribution in [1.29, 1.82) is 0 Å². The molecule has 0 bridgehead atoms. The van der Waals surface area contributed by atoms with E-state index in [0.29, 0.717) is 13.0 Å². The molecule has 2 aromatic carbocycles. The fourth-order valence-corrected chi connectivity index (χ4v) is 4.26. The quantitative estimate of drug-likeness (QED) is 0.672. The van der Waals surface area contributed by atoms with E-state index in [9.17, 15) is 14.4 Å². The van der Waals surface area contributed by atoms with Crippen LogP contribution in [-0.4, -0.2) is 42.9 Å². The number of carbonyl (C=O) groups is 3. The highest BCUT2D eigenvalue weighted by Crippen LogP contribution is 2.32. The van der Waals surface area contributed by atoms with E-state index in [1.54, 1.807) is 14.0 Å². The molecule has 4 rings (SSSR count). The first-order valence-corrected chi connectivity index (χ1v) is 10.6. The van der Waals surface area contributed by atoms with E-state index < -0.39 is 17.5 Å². The van der Waals surface area contributed by atoms with Gasteiger partial charge in [0.1, 0.15) is 17.8 Å². The fourth-order valence-electron chi connectivity index (χ4n) is 4.26. The lowest BCUT2D eigenvalue weighted by Gasteiger charge is -2.23. The van der Waals surface area contributed by atoms with E-state index in [4.69, 9.17) is 4.74 Å². The van der Waals surface area contributed by atoms with Crippen LogP contribution in [0.4, 0.5) is 4.79 Å². The molecule has 1 heterocycles. The van der Waals surface area contributed by atoms with Crippen molar-refractivity contribution in [2.45, 2.75) is 38.1 Å². The predicted molar refractivity (Wildman–Crippen MR) is 116 cm³/mol. The number of aryl methyl sites for hydroxylation is 2. The summed E-state index contributed by atoms with van der Waals surface area (Å²) in [6, 6.07) is 13.0. The van der Waals surface area contributed by atoms with Crippen LogP contribution in [0.2, 0.25) is 0 Å². The third-order valence-electron chi connectivity index (χ3n) is 6.15. The normalized spacial score (nSPS) is 19.9. The van der Waals surface area contributed by atoms with Gasteiger partial charge in [-0.15, -0.1) is 0 Å². The third-order valence-corrected chi connectivity index (χ3v) is 6.15. The monoisotopic (exact) mass is 421 g/mol. The zero-order valence-corrected chi connectivity index (χ0v) is 17.9. The van der Waals surface area contributed by atoms with Gasteiger partial charge < -0.3 is 15.4 Å². The summed E-state index contributed by atoms with van der Waals surface area (Å²) in [5, 5.41) is 5.57. The number of fused-ring (bicyclic) bond motifs is 1. The largest absolute Gasteiger partial charge is 0.497 e. The summed E-state index contributed by atoms with van der Waals surface area (Å²) in [4.78, 5) is 39.0. The Kier molecular flexibility index (Phi) is 5.67. The van der Waals surface area contributed by atoms with E-state index >= 15 is 0 Å². The minimum absolute atomic E-state index is 0.298. The van der Waals surface area contributed by atoms with Crippen molar-refractivity contribution in [3.63, 3.8) is 0 Å². The lowest BCUT2D eigenvalue weighted by molar-refractivity contribution is -0.134. The molecule has 4 amide bonds. The molecular weight excluding hydrogens is 394 g/mol. The Labute approximate surface area is 181 Å². The van der Waals surface area contributed by atoms with Crippen molar-refractivity contribution in [2.24, 2.45) is 0 Å². The van der Waals surface area contributed by atoms with Crippen LogP contribution in [0.25, 0.3) is 0 Å². The number of methoxy groups -OCH3 is 1. The molecule has 2 aromatic rings. The number of imide groups is 1. The summed E-state index contributed by atoms with van der Waals surface area (Å²) in [5.74, 6) is 0.00808. The van der Waals surface area contributed by atoms with Crippen molar-refractivity contribution in [3.05, 3.63) is 64.7 Å². The first-order valence-electron chi connectivity index (χ1n) is 10.6. The average Bonchev–Trinajstić information content (AvgIpc) is 3.32. The highest BCUT2D eigenvalue weighted by molar-refractivity contribution is 6.09. The van der Waals surface area contributed by atoms with E-state index in [2.05, 4.69) is 10.6 Å². The lowest BCUT2D eigenvalue weighted by atomic mass is 9.89. The highest BCUT2D eigenvalue weighted by atomic mass is 16.5. The van der Waals surface area contributed by atoms with Crippen LogP contribution < -0.4 is 15.4 Å². The van der Waals surface area contributed by atoms with Crippen LogP contribution >= 0.6 is 0 Å².